The van der Waals surface area contributed by atoms with Crippen LogP contribution >= 0.6 is 12.2 Å². The molecule has 0 radical (unpaired) electrons. The number of alkyl halides is 6. The SMILES string of the molecule is CN(CC(F)(F)F)c1ccc(C(N)=S)c(C(F)(F)F)c1. The van der Waals surface area contributed by atoms with Crippen molar-refractivity contribution in [3.8, 4) is 0 Å². The summed E-state index contributed by atoms with van der Waals surface area (Å²) >= 11 is 4.50. The third kappa shape index (κ3) is 4.26. The van der Waals surface area contributed by atoms with Crippen LogP contribution in [0.1, 0.15) is 11.1 Å². The van der Waals surface area contributed by atoms with Gasteiger partial charge in [-0.2, -0.15) is 26.3 Å². The second kappa shape index (κ2) is 5.47. The molecule has 9 heteroatoms. The van der Waals surface area contributed by atoms with E-state index >= 15 is 0 Å². The number of rotatable bonds is 3. The number of nitrogens with zero attached hydrogens (tertiary/aromatic N) is 1. The first-order valence-corrected chi connectivity index (χ1v) is 5.61. The fraction of sp³-hybridized carbons (Fsp3) is 0.364. The zero-order valence-electron chi connectivity index (χ0n) is 10.1. The highest BCUT2D eigenvalue weighted by Gasteiger charge is 2.35. The van der Waals surface area contributed by atoms with E-state index in [1.165, 1.54) is 0 Å². The molecule has 2 N–H and O–H groups in total. The molecule has 0 unspecified atom stereocenters. The molecule has 0 amide bonds. The Balaban J connectivity index is 3.23. The highest BCUT2D eigenvalue weighted by molar-refractivity contribution is 7.80. The molecule has 0 aromatic heterocycles. The maximum Gasteiger partial charge on any atom is 0.417 e. The molecule has 0 saturated heterocycles. The topological polar surface area (TPSA) is 29.3 Å². The summed E-state index contributed by atoms with van der Waals surface area (Å²) < 4.78 is 75.2. The maximum absolute atomic E-state index is 12.8. The van der Waals surface area contributed by atoms with E-state index in [0.717, 1.165) is 19.2 Å². The Hall–Kier alpha value is -1.51. The van der Waals surface area contributed by atoms with Crippen molar-refractivity contribution in [2.24, 2.45) is 5.73 Å². The Bertz CT molecular complexity index is 509. The maximum atomic E-state index is 12.8. The lowest BCUT2D eigenvalue weighted by Gasteiger charge is -2.23. The third-order valence-corrected chi connectivity index (χ3v) is 2.65. The van der Waals surface area contributed by atoms with Crippen LogP contribution in [0.5, 0.6) is 0 Å². The molecule has 0 fully saturated rings. The second-order valence-electron chi connectivity index (χ2n) is 4.06. The van der Waals surface area contributed by atoms with E-state index in [9.17, 15) is 26.3 Å². The molecule has 0 spiro atoms. The van der Waals surface area contributed by atoms with E-state index in [0.29, 0.717) is 11.0 Å². The number of halogens is 6. The highest BCUT2D eigenvalue weighted by atomic mass is 32.1. The van der Waals surface area contributed by atoms with E-state index in [4.69, 9.17) is 5.73 Å². The van der Waals surface area contributed by atoms with E-state index in [1.807, 2.05) is 0 Å². The molecule has 2 nitrogen and oxygen atoms in total. The Morgan fingerprint density at radius 2 is 1.75 bits per heavy atom. The monoisotopic (exact) mass is 316 g/mol. The molecule has 0 aliphatic carbocycles. The van der Waals surface area contributed by atoms with Crippen LogP contribution in [0.3, 0.4) is 0 Å². The first-order valence-electron chi connectivity index (χ1n) is 5.21. The van der Waals surface area contributed by atoms with E-state index in [1.54, 1.807) is 0 Å². The number of benzene rings is 1. The van der Waals surface area contributed by atoms with Crippen molar-refractivity contribution in [3.63, 3.8) is 0 Å². The van der Waals surface area contributed by atoms with Gasteiger partial charge < -0.3 is 10.6 Å². The molecule has 1 aromatic rings. The minimum atomic E-state index is -4.76. The molecule has 1 aromatic carbocycles. The van der Waals surface area contributed by atoms with Crippen molar-refractivity contribution in [3.05, 3.63) is 29.3 Å². The quantitative estimate of drug-likeness (QED) is 0.685. The molecule has 0 heterocycles. The van der Waals surface area contributed by atoms with Gasteiger partial charge in [0.2, 0.25) is 0 Å². The van der Waals surface area contributed by atoms with E-state index in [2.05, 4.69) is 12.2 Å². The Labute approximate surface area is 116 Å². The smallest absolute Gasteiger partial charge is 0.389 e. The van der Waals surface area contributed by atoms with Crippen molar-refractivity contribution in [2.45, 2.75) is 12.4 Å². The normalized spacial score (nSPS) is 12.3. The Morgan fingerprint density at radius 3 is 2.15 bits per heavy atom. The average molecular weight is 316 g/mol. The summed E-state index contributed by atoms with van der Waals surface area (Å²) in [5.41, 5.74) is 3.37. The van der Waals surface area contributed by atoms with Gasteiger partial charge in [-0.15, -0.1) is 0 Å². The first kappa shape index (κ1) is 16.5. The number of hydrogen-bond acceptors (Lipinski definition) is 2. The van der Waals surface area contributed by atoms with Crippen LogP contribution in [0.25, 0.3) is 0 Å². The number of hydrogen-bond donors (Lipinski definition) is 1. The van der Waals surface area contributed by atoms with Gasteiger partial charge >= 0.3 is 12.4 Å². The van der Waals surface area contributed by atoms with Crippen molar-refractivity contribution in [1.29, 1.82) is 0 Å². The van der Waals surface area contributed by atoms with Gasteiger partial charge in [-0.3, -0.25) is 0 Å². The van der Waals surface area contributed by atoms with Crippen LogP contribution in [-0.2, 0) is 6.18 Å². The lowest BCUT2D eigenvalue weighted by Crippen LogP contribution is -2.31. The zero-order chi connectivity index (χ0) is 15.7. The Morgan fingerprint density at radius 1 is 1.20 bits per heavy atom. The minimum absolute atomic E-state index is 0.227. The molecule has 0 aliphatic rings. The van der Waals surface area contributed by atoms with Crippen molar-refractivity contribution in [2.75, 3.05) is 18.5 Å². The van der Waals surface area contributed by atoms with E-state index < -0.39 is 35.0 Å². The summed E-state index contributed by atoms with van der Waals surface area (Å²) in [6, 6.07) is 2.67. The summed E-state index contributed by atoms with van der Waals surface area (Å²) in [7, 11) is 1.05. The van der Waals surface area contributed by atoms with Gasteiger partial charge in [0, 0.05) is 18.3 Å². The summed E-state index contributed by atoms with van der Waals surface area (Å²) in [6.45, 7) is -1.36. The van der Waals surface area contributed by atoms with Crippen LogP contribution in [0, 0.1) is 0 Å². The number of thiocarbonyl (C=S) groups is 1. The standard InChI is InChI=1S/C11H10F6N2S/c1-19(5-10(12,13)14)6-2-3-7(9(18)20)8(4-6)11(15,16)17/h2-4H,5H2,1H3,(H2,18,20). The van der Waals surface area contributed by atoms with Gasteiger partial charge in [0.15, 0.2) is 0 Å². The van der Waals surface area contributed by atoms with Gasteiger partial charge in [-0.05, 0) is 18.2 Å². The van der Waals surface area contributed by atoms with Crippen LogP contribution in [0.15, 0.2) is 18.2 Å². The molecule has 0 atom stereocenters. The molecular formula is C11H10F6N2S. The van der Waals surface area contributed by atoms with Gasteiger partial charge in [0.1, 0.15) is 11.5 Å². The van der Waals surface area contributed by atoms with Gasteiger partial charge in [-0.25, -0.2) is 0 Å². The number of anilines is 1. The number of nitrogens with two attached hydrogens (primary N) is 1. The van der Waals surface area contributed by atoms with Crippen LogP contribution in [-0.4, -0.2) is 24.8 Å². The third-order valence-electron chi connectivity index (χ3n) is 2.43. The molecule has 0 bridgehead atoms. The Kier molecular flexibility index (Phi) is 4.52. The minimum Gasteiger partial charge on any atom is -0.389 e. The summed E-state index contributed by atoms with van der Waals surface area (Å²) in [6.07, 6.45) is -9.27. The fourth-order valence-electron chi connectivity index (χ4n) is 1.58. The average Bonchev–Trinajstić information content (AvgIpc) is 2.24. The largest absolute Gasteiger partial charge is 0.417 e. The molecule has 112 valence electrons. The van der Waals surface area contributed by atoms with Crippen molar-refractivity contribution in [1.82, 2.24) is 0 Å². The predicted molar refractivity (Wildman–Crippen MR) is 66.7 cm³/mol. The summed E-state index contributed by atoms with van der Waals surface area (Å²) in [4.78, 5) is 0.195. The van der Waals surface area contributed by atoms with Crippen molar-refractivity contribution < 1.29 is 26.3 Å². The van der Waals surface area contributed by atoms with Crippen LogP contribution in [0.4, 0.5) is 32.0 Å². The lowest BCUT2D eigenvalue weighted by molar-refractivity contribution is -0.137. The van der Waals surface area contributed by atoms with Gasteiger partial charge in [0.05, 0.1) is 5.56 Å². The first-order chi connectivity index (χ1) is 8.92. The molecule has 20 heavy (non-hydrogen) atoms. The van der Waals surface area contributed by atoms with Gasteiger partial charge in [0.25, 0.3) is 0 Å². The molecule has 0 saturated carbocycles. The highest BCUT2D eigenvalue weighted by Crippen LogP contribution is 2.35. The van der Waals surface area contributed by atoms with Gasteiger partial charge in [-0.1, -0.05) is 12.2 Å². The lowest BCUT2D eigenvalue weighted by atomic mass is 10.1. The van der Waals surface area contributed by atoms with Crippen LogP contribution < -0.4 is 10.6 Å². The van der Waals surface area contributed by atoms with E-state index in [-0.39, 0.29) is 5.69 Å². The van der Waals surface area contributed by atoms with Crippen LogP contribution in [0.2, 0.25) is 0 Å². The predicted octanol–water partition coefficient (Wildman–Crippen LogP) is 3.34. The zero-order valence-corrected chi connectivity index (χ0v) is 11.0. The molecule has 1 rings (SSSR count). The summed E-state index contributed by atoms with van der Waals surface area (Å²) in [5, 5.41) is 0. The summed E-state index contributed by atoms with van der Waals surface area (Å²) in [5.74, 6) is 0. The second-order valence-corrected chi connectivity index (χ2v) is 4.50. The fourth-order valence-corrected chi connectivity index (χ4v) is 1.76. The molecule has 0 aliphatic heterocycles. The molecular weight excluding hydrogens is 306 g/mol. The van der Waals surface area contributed by atoms with Crippen molar-refractivity contribution >= 4 is 22.9 Å².